The first kappa shape index (κ1) is 19.4. The van der Waals surface area contributed by atoms with Crippen LogP contribution in [0.1, 0.15) is 30.7 Å². The summed E-state index contributed by atoms with van der Waals surface area (Å²) in [5.74, 6) is 1.43. The minimum absolute atomic E-state index is 0.259. The SMILES string of the molecule is O=S(=O)(c1ccc(N2CCCC(c3ccccc3)CC2)nc1)N1CCOCC1. The molecule has 1 aromatic heterocycles. The molecule has 2 aromatic rings. The first-order chi connectivity index (χ1) is 13.6. The summed E-state index contributed by atoms with van der Waals surface area (Å²) in [7, 11) is -3.49. The van der Waals surface area contributed by atoms with Gasteiger partial charge in [-0.25, -0.2) is 13.4 Å². The second-order valence-corrected chi connectivity index (χ2v) is 9.33. The fourth-order valence-electron chi connectivity index (χ4n) is 4.03. The number of ether oxygens (including phenoxy) is 1. The Labute approximate surface area is 167 Å². The predicted octanol–water partition coefficient (Wildman–Crippen LogP) is 2.88. The van der Waals surface area contributed by atoms with E-state index in [4.69, 9.17) is 4.74 Å². The molecule has 0 bridgehead atoms. The van der Waals surface area contributed by atoms with Crippen LogP contribution in [-0.2, 0) is 14.8 Å². The average Bonchev–Trinajstić information content (AvgIpc) is 3.01. The van der Waals surface area contributed by atoms with E-state index in [2.05, 4.69) is 40.2 Å². The number of morpholine rings is 1. The number of hydrogen-bond acceptors (Lipinski definition) is 5. The highest BCUT2D eigenvalue weighted by Gasteiger charge is 2.27. The molecule has 0 N–H and O–H groups in total. The van der Waals surface area contributed by atoms with Crippen LogP contribution < -0.4 is 4.90 Å². The minimum atomic E-state index is -3.49. The Balaban J connectivity index is 1.44. The summed E-state index contributed by atoms with van der Waals surface area (Å²) in [4.78, 5) is 7.02. The van der Waals surface area contributed by atoms with Crippen molar-refractivity contribution in [3.63, 3.8) is 0 Å². The van der Waals surface area contributed by atoms with Crippen molar-refractivity contribution in [2.24, 2.45) is 0 Å². The molecule has 1 aromatic carbocycles. The molecule has 0 amide bonds. The molecule has 0 radical (unpaired) electrons. The maximum Gasteiger partial charge on any atom is 0.244 e. The van der Waals surface area contributed by atoms with Gasteiger partial charge < -0.3 is 9.64 Å². The fourth-order valence-corrected chi connectivity index (χ4v) is 5.39. The first-order valence-electron chi connectivity index (χ1n) is 9.98. The minimum Gasteiger partial charge on any atom is -0.379 e. The third-order valence-corrected chi connectivity index (χ3v) is 7.53. The Morgan fingerprint density at radius 2 is 1.71 bits per heavy atom. The second kappa shape index (κ2) is 8.59. The van der Waals surface area contributed by atoms with Gasteiger partial charge in [0.15, 0.2) is 0 Å². The molecule has 2 saturated heterocycles. The smallest absolute Gasteiger partial charge is 0.244 e. The predicted molar refractivity (Wildman–Crippen MR) is 109 cm³/mol. The van der Waals surface area contributed by atoms with E-state index in [1.165, 1.54) is 22.5 Å². The van der Waals surface area contributed by atoms with Crippen LogP contribution in [0.3, 0.4) is 0 Å². The Hall–Kier alpha value is -1.96. The van der Waals surface area contributed by atoms with Crippen LogP contribution in [0.5, 0.6) is 0 Å². The molecule has 2 aliphatic heterocycles. The summed E-state index contributed by atoms with van der Waals surface area (Å²) < 4.78 is 32.2. The summed E-state index contributed by atoms with van der Waals surface area (Å²) in [6.45, 7) is 3.57. The van der Waals surface area contributed by atoms with E-state index in [1.54, 1.807) is 6.07 Å². The molecule has 2 aliphatic rings. The zero-order valence-corrected chi connectivity index (χ0v) is 16.9. The molecule has 150 valence electrons. The molecule has 2 fully saturated rings. The van der Waals surface area contributed by atoms with Crippen molar-refractivity contribution in [2.75, 3.05) is 44.3 Å². The lowest BCUT2D eigenvalue weighted by Gasteiger charge is -2.26. The van der Waals surface area contributed by atoms with Crippen LogP contribution in [0.4, 0.5) is 5.82 Å². The van der Waals surface area contributed by atoms with Gasteiger partial charge in [-0.3, -0.25) is 0 Å². The summed E-state index contributed by atoms with van der Waals surface area (Å²) >= 11 is 0. The van der Waals surface area contributed by atoms with Gasteiger partial charge >= 0.3 is 0 Å². The maximum absolute atomic E-state index is 12.7. The van der Waals surface area contributed by atoms with Crippen molar-refractivity contribution in [2.45, 2.75) is 30.1 Å². The van der Waals surface area contributed by atoms with Gasteiger partial charge in [-0.1, -0.05) is 30.3 Å². The number of anilines is 1. The quantitative estimate of drug-likeness (QED) is 0.788. The number of nitrogens with zero attached hydrogens (tertiary/aromatic N) is 3. The highest BCUT2D eigenvalue weighted by molar-refractivity contribution is 7.89. The van der Waals surface area contributed by atoms with E-state index in [0.717, 1.165) is 31.7 Å². The number of rotatable bonds is 4. The molecule has 6 nitrogen and oxygen atoms in total. The van der Waals surface area contributed by atoms with Crippen LogP contribution in [0, 0.1) is 0 Å². The highest BCUT2D eigenvalue weighted by Crippen LogP contribution is 2.29. The molecule has 28 heavy (non-hydrogen) atoms. The van der Waals surface area contributed by atoms with E-state index in [0.29, 0.717) is 32.2 Å². The Morgan fingerprint density at radius 3 is 2.43 bits per heavy atom. The third kappa shape index (κ3) is 4.21. The number of pyridine rings is 1. The maximum atomic E-state index is 12.7. The van der Waals surface area contributed by atoms with E-state index in [1.807, 2.05) is 6.07 Å². The zero-order valence-electron chi connectivity index (χ0n) is 16.0. The number of aromatic nitrogens is 1. The van der Waals surface area contributed by atoms with Gasteiger partial charge in [-0.15, -0.1) is 0 Å². The zero-order chi connectivity index (χ0) is 19.4. The summed E-state index contributed by atoms with van der Waals surface area (Å²) in [5, 5.41) is 0. The van der Waals surface area contributed by atoms with Gasteiger partial charge in [-0.05, 0) is 42.9 Å². The number of hydrogen-bond donors (Lipinski definition) is 0. The molecule has 0 aliphatic carbocycles. The van der Waals surface area contributed by atoms with Crippen molar-refractivity contribution >= 4 is 15.8 Å². The molecular weight excluding hydrogens is 374 g/mol. The number of sulfonamides is 1. The van der Waals surface area contributed by atoms with Crippen LogP contribution in [0.25, 0.3) is 0 Å². The molecule has 1 unspecified atom stereocenters. The van der Waals surface area contributed by atoms with Crippen molar-refractivity contribution < 1.29 is 13.2 Å². The highest BCUT2D eigenvalue weighted by atomic mass is 32.2. The third-order valence-electron chi connectivity index (χ3n) is 5.65. The lowest BCUT2D eigenvalue weighted by Crippen LogP contribution is -2.40. The molecule has 0 saturated carbocycles. The second-order valence-electron chi connectivity index (χ2n) is 7.39. The molecule has 7 heteroatoms. The molecule has 1 atom stereocenters. The Morgan fingerprint density at radius 1 is 0.929 bits per heavy atom. The van der Waals surface area contributed by atoms with Crippen molar-refractivity contribution in [1.29, 1.82) is 0 Å². The summed E-state index contributed by atoms with van der Waals surface area (Å²) in [6, 6.07) is 14.2. The standard InChI is InChI=1S/C21H27N3O3S/c25-28(26,24-13-15-27-16-14-24)20-8-9-21(22-17-20)23-11-4-7-19(10-12-23)18-5-2-1-3-6-18/h1-3,5-6,8-9,17,19H,4,7,10-16H2. The van der Waals surface area contributed by atoms with Gasteiger partial charge in [0.25, 0.3) is 0 Å². The van der Waals surface area contributed by atoms with Gasteiger partial charge in [0.1, 0.15) is 10.7 Å². The van der Waals surface area contributed by atoms with Gasteiger partial charge in [0.05, 0.1) is 13.2 Å². The van der Waals surface area contributed by atoms with Gasteiger partial charge in [0.2, 0.25) is 10.0 Å². The van der Waals surface area contributed by atoms with Crippen molar-refractivity contribution in [3.05, 3.63) is 54.2 Å². The monoisotopic (exact) mass is 401 g/mol. The fraction of sp³-hybridized carbons (Fsp3) is 0.476. The summed E-state index contributed by atoms with van der Waals surface area (Å²) in [5.41, 5.74) is 1.41. The average molecular weight is 402 g/mol. The lowest BCUT2D eigenvalue weighted by molar-refractivity contribution is 0.0730. The molecular formula is C21H27N3O3S. The Kier molecular flexibility index (Phi) is 5.94. The summed E-state index contributed by atoms with van der Waals surface area (Å²) in [6.07, 6.45) is 4.86. The normalized spacial score (nSPS) is 22.0. The molecule has 0 spiro atoms. The largest absolute Gasteiger partial charge is 0.379 e. The number of benzene rings is 1. The topological polar surface area (TPSA) is 62.7 Å². The molecule has 4 rings (SSSR count). The Bertz CT molecular complexity index is 866. The van der Waals surface area contributed by atoms with Crippen molar-refractivity contribution in [3.8, 4) is 0 Å². The first-order valence-corrected chi connectivity index (χ1v) is 11.4. The van der Waals surface area contributed by atoms with Crippen LogP contribution in [-0.4, -0.2) is 57.1 Å². The van der Waals surface area contributed by atoms with E-state index in [9.17, 15) is 8.42 Å². The molecule has 3 heterocycles. The van der Waals surface area contributed by atoms with Crippen molar-refractivity contribution in [1.82, 2.24) is 9.29 Å². The van der Waals surface area contributed by atoms with E-state index >= 15 is 0 Å². The van der Waals surface area contributed by atoms with Gasteiger partial charge in [0, 0.05) is 32.4 Å². The lowest BCUT2D eigenvalue weighted by atomic mass is 9.92. The van der Waals surface area contributed by atoms with E-state index in [-0.39, 0.29) is 4.90 Å². The van der Waals surface area contributed by atoms with E-state index < -0.39 is 10.0 Å². The van der Waals surface area contributed by atoms with Crippen LogP contribution >= 0.6 is 0 Å². The van der Waals surface area contributed by atoms with Crippen LogP contribution in [0.15, 0.2) is 53.6 Å². The van der Waals surface area contributed by atoms with Gasteiger partial charge in [-0.2, -0.15) is 4.31 Å². The van der Waals surface area contributed by atoms with Crippen LogP contribution in [0.2, 0.25) is 0 Å².